The Labute approximate surface area is 195 Å². The zero-order valence-corrected chi connectivity index (χ0v) is 20.4. The van der Waals surface area contributed by atoms with Crippen LogP contribution in [0.15, 0.2) is 48.5 Å². The molecule has 2 aromatic rings. The first-order valence-electron chi connectivity index (χ1n) is 10.4. The number of hydrogen-bond acceptors (Lipinski definition) is 4. The normalized spacial score (nSPS) is 12.2. The summed E-state index contributed by atoms with van der Waals surface area (Å²) in [4.78, 5) is 27.4. The number of hydrogen-bond donors (Lipinski definition) is 1. The Kier molecular flexibility index (Phi) is 9.09. The number of sulfonamides is 1. The Bertz CT molecular complexity index is 1060. The molecule has 0 radical (unpaired) electrons. The lowest BCUT2D eigenvalue weighted by Crippen LogP contribution is -2.51. The van der Waals surface area contributed by atoms with Crippen molar-refractivity contribution in [3.8, 4) is 0 Å². The monoisotopic (exact) mass is 479 g/mol. The van der Waals surface area contributed by atoms with Crippen LogP contribution in [0.2, 0.25) is 5.02 Å². The van der Waals surface area contributed by atoms with Crippen molar-refractivity contribution in [2.75, 3.05) is 24.2 Å². The number of rotatable bonds is 10. The van der Waals surface area contributed by atoms with Crippen LogP contribution >= 0.6 is 11.6 Å². The van der Waals surface area contributed by atoms with E-state index in [1.54, 1.807) is 43.3 Å². The maximum absolute atomic E-state index is 13.5. The fourth-order valence-corrected chi connectivity index (χ4v) is 4.62. The van der Waals surface area contributed by atoms with Crippen LogP contribution in [0, 0.1) is 0 Å². The number of para-hydroxylation sites is 1. The number of carbonyl (C=O) groups is 2. The van der Waals surface area contributed by atoms with Gasteiger partial charge in [-0.1, -0.05) is 61.8 Å². The highest BCUT2D eigenvalue weighted by atomic mass is 35.5. The third kappa shape index (κ3) is 6.23. The molecule has 2 amide bonds. The van der Waals surface area contributed by atoms with Gasteiger partial charge >= 0.3 is 0 Å². The van der Waals surface area contributed by atoms with Crippen LogP contribution in [0.3, 0.4) is 0 Å². The summed E-state index contributed by atoms with van der Waals surface area (Å²) in [6.07, 6.45) is 2.04. The molecule has 0 fully saturated rings. The van der Waals surface area contributed by atoms with Crippen molar-refractivity contribution in [3.05, 3.63) is 64.7 Å². The summed E-state index contributed by atoms with van der Waals surface area (Å²) in [6, 6.07) is 13.4. The second-order valence-electron chi connectivity index (χ2n) is 7.40. The number of nitrogens with one attached hydrogen (secondary N) is 1. The van der Waals surface area contributed by atoms with Crippen LogP contribution in [0.4, 0.5) is 5.69 Å². The van der Waals surface area contributed by atoms with Crippen molar-refractivity contribution >= 4 is 39.1 Å². The number of benzene rings is 2. The highest BCUT2D eigenvalue weighted by Gasteiger charge is 2.32. The smallest absolute Gasteiger partial charge is 0.244 e. The molecule has 0 bridgehead atoms. The van der Waals surface area contributed by atoms with E-state index < -0.39 is 28.5 Å². The number of carbonyl (C=O) groups excluding carboxylic acids is 2. The first kappa shape index (κ1) is 25.7. The number of nitrogens with zero attached hydrogens (tertiary/aromatic N) is 2. The summed E-state index contributed by atoms with van der Waals surface area (Å²) in [5, 5.41) is 3.05. The van der Waals surface area contributed by atoms with E-state index in [1.165, 1.54) is 11.9 Å². The molecule has 0 heterocycles. The number of anilines is 1. The Morgan fingerprint density at radius 2 is 1.62 bits per heavy atom. The van der Waals surface area contributed by atoms with E-state index in [2.05, 4.69) is 5.32 Å². The number of amides is 2. The molecule has 174 valence electrons. The molecule has 0 aliphatic carbocycles. The molecule has 0 saturated heterocycles. The van der Waals surface area contributed by atoms with Crippen LogP contribution < -0.4 is 9.62 Å². The minimum atomic E-state index is -3.76. The van der Waals surface area contributed by atoms with Gasteiger partial charge in [-0.15, -0.1) is 0 Å². The highest BCUT2D eigenvalue weighted by Crippen LogP contribution is 2.25. The summed E-state index contributed by atoms with van der Waals surface area (Å²) in [7, 11) is -2.26. The van der Waals surface area contributed by atoms with Crippen LogP contribution in [-0.2, 0) is 32.6 Å². The molecule has 1 unspecified atom stereocenters. The van der Waals surface area contributed by atoms with Gasteiger partial charge in [-0.3, -0.25) is 13.9 Å². The number of aryl methyl sites for hydroxylation is 1. The van der Waals surface area contributed by atoms with E-state index in [9.17, 15) is 18.0 Å². The predicted octanol–water partition coefficient (Wildman–Crippen LogP) is 3.22. The second-order valence-corrected chi connectivity index (χ2v) is 9.72. The van der Waals surface area contributed by atoms with Crippen LogP contribution in [0.5, 0.6) is 0 Å². The maximum Gasteiger partial charge on any atom is 0.244 e. The Morgan fingerprint density at radius 3 is 2.16 bits per heavy atom. The lowest BCUT2D eigenvalue weighted by atomic mass is 10.1. The molecular weight excluding hydrogens is 450 g/mol. The summed E-state index contributed by atoms with van der Waals surface area (Å²) in [5.41, 5.74) is 1.93. The molecule has 1 atom stereocenters. The minimum absolute atomic E-state index is 0.0808. The highest BCUT2D eigenvalue weighted by molar-refractivity contribution is 7.92. The topological polar surface area (TPSA) is 86.8 Å². The molecule has 0 aliphatic heterocycles. The SMILES string of the molecule is CCc1ccccc1N(CC(=O)N(Cc1ccccc1Cl)C(CC)C(=O)NC)S(C)(=O)=O. The van der Waals surface area contributed by atoms with Crippen molar-refractivity contribution in [1.29, 1.82) is 0 Å². The van der Waals surface area contributed by atoms with E-state index in [1.807, 2.05) is 19.1 Å². The molecule has 2 aromatic carbocycles. The van der Waals surface area contributed by atoms with E-state index in [0.29, 0.717) is 29.1 Å². The molecule has 0 aromatic heterocycles. The average molecular weight is 480 g/mol. The quantitative estimate of drug-likeness (QED) is 0.566. The van der Waals surface area contributed by atoms with Crippen molar-refractivity contribution in [1.82, 2.24) is 10.2 Å². The van der Waals surface area contributed by atoms with E-state index in [-0.39, 0.29) is 12.5 Å². The largest absolute Gasteiger partial charge is 0.357 e. The average Bonchev–Trinajstić information content (AvgIpc) is 2.77. The van der Waals surface area contributed by atoms with Gasteiger partial charge in [0, 0.05) is 18.6 Å². The van der Waals surface area contributed by atoms with Gasteiger partial charge in [0.05, 0.1) is 11.9 Å². The van der Waals surface area contributed by atoms with Crippen LogP contribution in [-0.4, -0.2) is 51.0 Å². The summed E-state index contributed by atoms with van der Waals surface area (Å²) >= 11 is 6.30. The molecule has 0 aliphatic rings. The molecule has 7 nitrogen and oxygen atoms in total. The second kappa shape index (κ2) is 11.3. The fourth-order valence-electron chi connectivity index (χ4n) is 3.54. The Hall–Kier alpha value is -2.58. The summed E-state index contributed by atoms with van der Waals surface area (Å²) in [6.45, 7) is 3.38. The molecule has 0 spiro atoms. The zero-order chi connectivity index (χ0) is 23.9. The fraction of sp³-hybridized carbons (Fsp3) is 0.391. The molecule has 32 heavy (non-hydrogen) atoms. The summed E-state index contributed by atoms with van der Waals surface area (Å²) < 4.78 is 26.4. The predicted molar refractivity (Wildman–Crippen MR) is 128 cm³/mol. The standard InChI is InChI=1S/C23H30ClN3O4S/c1-5-17-11-8-10-14-21(17)27(32(4,30)31)16-22(28)26(20(6-2)23(29)25-3)15-18-12-7-9-13-19(18)24/h7-14,20H,5-6,15-16H2,1-4H3,(H,25,29). The van der Waals surface area contributed by atoms with Gasteiger partial charge in [0.25, 0.3) is 0 Å². The minimum Gasteiger partial charge on any atom is -0.357 e. The lowest BCUT2D eigenvalue weighted by Gasteiger charge is -2.33. The molecule has 9 heteroatoms. The van der Waals surface area contributed by atoms with Gasteiger partial charge in [-0.05, 0) is 36.1 Å². The molecule has 0 saturated carbocycles. The number of halogens is 1. The van der Waals surface area contributed by atoms with Crippen molar-refractivity contribution in [3.63, 3.8) is 0 Å². The van der Waals surface area contributed by atoms with Crippen molar-refractivity contribution < 1.29 is 18.0 Å². The van der Waals surface area contributed by atoms with Crippen LogP contribution in [0.1, 0.15) is 31.4 Å². The van der Waals surface area contributed by atoms with Gasteiger partial charge in [0.1, 0.15) is 12.6 Å². The Morgan fingerprint density at radius 1 is 1.03 bits per heavy atom. The maximum atomic E-state index is 13.5. The number of likely N-dealkylation sites (N-methyl/N-ethyl adjacent to an activating group) is 1. The van der Waals surface area contributed by atoms with Gasteiger partial charge in [-0.25, -0.2) is 8.42 Å². The van der Waals surface area contributed by atoms with E-state index in [0.717, 1.165) is 16.1 Å². The third-order valence-corrected chi connectivity index (χ3v) is 6.75. The first-order valence-corrected chi connectivity index (χ1v) is 12.7. The third-order valence-electron chi connectivity index (χ3n) is 5.25. The van der Waals surface area contributed by atoms with Gasteiger partial charge in [0.2, 0.25) is 21.8 Å². The lowest BCUT2D eigenvalue weighted by molar-refractivity contribution is -0.140. The van der Waals surface area contributed by atoms with Crippen LogP contribution in [0.25, 0.3) is 0 Å². The molecule has 1 N–H and O–H groups in total. The zero-order valence-electron chi connectivity index (χ0n) is 18.8. The molecule has 2 rings (SSSR count). The van der Waals surface area contributed by atoms with Gasteiger partial charge in [0.15, 0.2) is 0 Å². The van der Waals surface area contributed by atoms with E-state index >= 15 is 0 Å². The van der Waals surface area contributed by atoms with Crippen molar-refractivity contribution in [2.24, 2.45) is 0 Å². The van der Waals surface area contributed by atoms with Gasteiger partial charge in [-0.2, -0.15) is 0 Å². The molecular formula is C23H30ClN3O4S. The Balaban J connectivity index is 2.48. The first-order chi connectivity index (χ1) is 15.1. The van der Waals surface area contributed by atoms with Gasteiger partial charge < -0.3 is 10.2 Å². The summed E-state index contributed by atoms with van der Waals surface area (Å²) in [5.74, 6) is -0.815. The van der Waals surface area contributed by atoms with E-state index in [4.69, 9.17) is 11.6 Å². The van der Waals surface area contributed by atoms with Crippen molar-refractivity contribution in [2.45, 2.75) is 39.3 Å².